The number of hydrogen-bond acceptors (Lipinski definition) is 4. The summed E-state index contributed by atoms with van der Waals surface area (Å²) >= 11 is 3.43. The molecule has 2 aromatic carbocycles. The fraction of sp³-hybridized carbons (Fsp3) is 0.300. The highest BCUT2D eigenvalue weighted by molar-refractivity contribution is 9.10. The molecule has 0 bridgehead atoms. The Kier molecular flexibility index (Phi) is 6.46. The highest BCUT2D eigenvalue weighted by Crippen LogP contribution is 2.25. The van der Waals surface area contributed by atoms with Crippen LogP contribution in [0.1, 0.15) is 17.8 Å². The first-order valence-electron chi connectivity index (χ1n) is 8.79. The summed E-state index contributed by atoms with van der Waals surface area (Å²) in [6.45, 7) is 1.59. The maximum Gasteiger partial charge on any atom is 0.390 e. The number of nitrogens with zero attached hydrogens (tertiary/aromatic N) is 3. The second kappa shape index (κ2) is 8.86. The van der Waals surface area contributed by atoms with Crippen molar-refractivity contribution in [3.8, 4) is 22.9 Å². The van der Waals surface area contributed by atoms with Gasteiger partial charge >= 0.3 is 6.18 Å². The van der Waals surface area contributed by atoms with E-state index < -0.39 is 12.6 Å². The molecule has 0 radical (unpaired) electrons. The van der Waals surface area contributed by atoms with Crippen molar-refractivity contribution < 1.29 is 22.6 Å². The number of ether oxygens (including phenoxy) is 2. The molecule has 0 saturated carbocycles. The van der Waals surface area contributed by atoms with Crippen LogP contribution in [0.2, 0.25) is 0 Å². The first-order valence-corrected chi connectivity index (χ1v) is 9.58. The lowest BCUT2D eigenvalue weighted by atomic mass is 10.1. The lowest BCUT2D eigenvalue weighted by Crippen LogP contribution is -2.16. The molecule has 0 saturated heterocycles. The van der Waals surface area contributed by atoms with E-state index in [-0.39, 0.29) is 13.2 Å². The van der Waals surface area contributed by atoms with E-state index in [4.69, 9.17) is 9.47 Å². The fourth-order valence-electron chi connectivity index (χ4n) is 2.62. The number of rotatable bonds is 7. The highest BCUT2D eigenvalue weighted by Gasteiger charge is 2.28. The predicted molar refractivity (Wildman–Crippen MR) is 106 cm³/mol. The van der Waals surface area contributed by atoms with E-state index in [2.05, 4.69) is 26.0 Å². The molecule has 0 N–H and O–H groups in total. The molecule has 0 amide bonds. The summed E-state index contributed by atoms with van der Waals surface area (Å²) in [7, 11) is 1.56. The molecule has 1 aromatic heterocycles. The molecule has 0 spiro atoms. The number of hydrogen-bond donors (Lipinski definition) is 0. The van der Waals surface area contributed by atoms with Crippen LogP contribution < -0.4 is 9.47 Å². The molecule has 29 heavy (non-hydrogen) atoms. The number of alkyl halides is 3. The summed E-state index contributed by atoms with van der Waals surface area (Å²) in [6, 6.07) is 12.5. The first kappa shape index (κ1) is 21.2. The Hall–Kier alpha value is -2.55. The number of aryl methyl sites for hydroxylation is 2. The lowest BCUT2D eigenvalue weighted by molar-refractivity contribution is -0.137. The minimum Gasteiger partial charge on any atom is -0.497 e. The molecule has 5 nitrogen and oxygen atoms in total. The molecule has 0 unspecified atom stereocenters. The lowest BCUT2D eigenvalue weighted by Gasteiger charge is -2.10. The number of halogens is 4. The van der Waals surface area contributed by atoms with Crippen LogP contribution in [0.25, 0.3) is 11.4 Å². The largest absolute Gasteiger partial charge is 0.497 e. The van der Waals surface area contributed by atoms with E-state index in [1.165, 1.54) is 4.68 Å². The van der Waals surface area contributed by atoms with Gasteiger partial charge in [-0.3, -0.25) is 0 Å². The molecule has 9 heteroatoms. The van der Waals surface area contributed by atoms with E-state index in [1.807, 2.05) is 25.1 Å². The van der Waals surface area contributed by atoms with Crippen LogP contribution in [0.5, 0.6) is 11.5 Å². The van der Waals surface area contributed by atoms with E-state index >= 15 is 0 Å². The van der Waals surface area contributed by atoms with Gasteiger partial charge in [0.1, 0.15) is 18.1 Å². The molecule has 0 fully saturated rings. The van der Waals surface area contributed by atoms with E-state index in [0.29, 0.717) is 23.1 Å². The maximum absolute atomic E-state index is 12.7. The molecule has 154 valence electrons. The van der Waals surface area contributed by atoms with Crippen LogP contribution in [-0.2, 0) is 13.2 Å². The summed E-state index contributed by atoms with van der Waals surface area (Å²) in [5, 5.41) is 4.28. The van der Waals surface area contributed by atoms with Gasteiger partial charge in [0.05, 0.1) is 20.1 Å². The molecule has 0 aliphatic carbocycles. The molecule has 3 aromatic rings. The number of aromatic nitrogens is 3. The third-order valence-corrected chi connectivity index (χ3v) is 5.09. The molecule has 0 aliphatic heterocycles. The average molecular weight is 470 g/mol. The van der Waals surface area contributed by atoms with Gasteiger partial charge in [-0.05, 0) is 55.0 Å². The summed E-state index contributed by atoms with van der Waals surface area (Å²) in [5.41, 5.74) is 1.70. The third-order valence-electron chi connectivity index (χ3n) is 4.20. The molecule has 1 heterocycles. The Labute approximate surface area is 174 Å². The van der Waals surface area contributed by atoms with Gasteiger partial charge in [-0.15, -0.1) is 0 Å². The molecule has 0 aliphatic rings. The van der Waals surface area contributed by atoms with Crippen molar-refractivity contribution in [3.05, 3.63) is 58.3 Å². The van der Waals surface area contributed by atoms with Crippen LogP contribution in [0, 0.1) is 6.92 Å². The van der Waals surface area contributed by atoms with Crippen LogP contribution in [0.15, 0.2) is 46.9 Å². The van der Waals surface area contributed by atoms with Crippen molar-refractivity contribution in [2.45, 2.75) is 32.7 Å². The smallest absolute Gasteiger partial charge is 0.390 e. The Morgan fingerprint density at radius 2 is 1.76 bits per heavy atom. The third kappa shape index (κ3) is 5.72. The predicted octanol–water partition coefficient (Wildman–Crippen LogP) is 5.56. The topological polar surface area (TPSA) is 49.2 Å². The molecular formula is C20H19BrF3N3O2. The van der Waals surface area contributed by atoms with Crippen molar-refractivity contribution in [1.29, 1.82) is 0 Å². The minimum atomic E-state index is -4.28. The normalized spacial score (nSPS) is 11.5. The van der Waals surface area contributed by atoms with Gasteiger partial charge in [0.2, 0.25) is 0 Å². The van der Waals surface area contributed by atoms with Crippen LogP contribution >= 0.6 is 15.9 Å². The first-order chi connectivity index (χ1) is 13.7. The maximum atomic E-state index is 12.7. The Bertz CT molecular complexity index is 972. The molecular weight excluding hydrogens is 451 g/mol. The van der Waals surface area contributed by atoms with Crippen LogP contribution in [0.3, 0.4) is 0 Å². The van der Waals surface area contributed by atoms with Crippen molar-refractivity contribution in [2.75, 3.05) is 7.11 Å². The zero-order valence-corrected chi connectivity index (χ0v) is 17.4. The zero-order valence-electron chi connectivity index (χ0n) is 15.8. The van der Waals surface area contributed by atoms with Crippen LogP contribution in [-0.4, -0.2) is 28.1 Å². The highest BCUT2D eigenvalue weighted by atomic mass is 79.9. The summed E-state index contributed by atoms with van der Waals surface area (Å²) in [4.78, 5) is 4.42. The quantitative estimate of drug-likeness (QED) is 0.454. The van der Waals surface area contributed by atoms with E-state index in [0.717, 1.165) is 15.6 Å². The monoisotopic (exact) mass is 469 g/mol. The van der Waals surface area contributed by atoms with Gasteiger partial charge in [-0.25, -0.2) is 9.67 Å². The van der Waals surface area contributed by atoms with Gasteiger partial charge in [-0.2, -0.15) is 18.3 Å². The van der Waals surface area contributed by atoms with Crippen LogP contribution in [0.4, 0.5) is 13.2 Å². The Balaban J connectivity index is 1.83. The second-order valence-electron chi connectivity index (χ2n) is 6.37. The Morgan fingerprint density at radius 1 is 1.07 bits per heavy atom. The fourth-order valence-corrected chi connectivity index (χ4v) is 2.87. The minimum absolute atomic E-state index is 0.00725. The van der Waals surface area contributed by atoms with E-state index in [1.54, 1.807) is 31.4 Å². The second-order valence-corrected chi connectivity index (χ2v) is 7.22. The van der Waals surface area contributed by atoms with Gasteiger partial charge in [-0.1, -0.05) is 15.9 Å². The van der Waals surface area contributed by atoms with Gasteiger partial charge in [0, 0.05) is 10.0 Å². The van der Waals surface area contributed by atoms with Crippen molar-refractivity contribution in [2.24, 2.45) is 0 Å². The van der Waals surface area contributed by atoms with Gasteiger partial charge in [0.25, 0.3) is 0 Å². The Morgan fingerprint density at radius 3 is 2.38 bits per heavy atom. The number of methoxy groups -OCH3 is 1. The SMILES string of the molecule is COc1ccc(OCc2nc(-c3ccc(Br)c(C)c3)nn2CCC(F)(F)F)cc1. The van der Waals surface area contributed by atoms with Crippen molar-refractivity contribution in [3.63, 3.8) is 0 Å². The summed E-state index contributed by atoms with van der Waals surface area (Å²) in [5.74, 6) is 1.91. The van der Waals surface area contributed by atoms with Gasteiger partial charge in [0.15, 0.2) is 11.6 Å². The van der Waals surface area contributed by atoms with Gasteiger partial charge < -0.3 is 9.47 Å². The summed E-state index contributed by atoms with van der Waals surface area (Å²) in [6.07, 6.45) is -5.28. The van der Waals surface area contributed by atoms with Crippen molar-refractivity contribution >= 4 is 15.9 Å². The molecule has 3 rings (SSSR count). The average Bonchev–Trinajstić information content (AvgIpc) is 3.10. The summed E-state index contributed by atoms with van der Waals surface area (Å²) < 4.78 is 51.1. The standard InChI is InChI=1S/C20H19BrF3N3O2/c1-13-11-14(3-8-17(13)21)19-25-18(27(26-19)10-9-20(22,23)24)12-29-16-6-4-15(28-2)5-7-16/h3-8,11H,9-10,12H2,1-2H3. The molecule has 0 atom stereocenters. The van der Waals surface area contributed by atoms with E-state index in [9.17, 15) is 13.2 Å². The zero-order chi connectivity index (χ0) is 21.0. The number of benzene rings is 2. The van der Waals surface area contributed by atoms with Crippen molar-refractivity contribution in [1.82, 2.24) is 14.8 Å².